The van der Waals surface area contributed by atoms with E-state index in [4.69, 9.17) is 0 Å². The summed E-state index contributed by atoms with van der Waals surface area (Å²) in [5.74, 6) is 6.05. The zero-order valence-electron chi connectivity index (χ0n) is 14.1. The number of hydrogen-bond acceptors (Lipinski definition) is 3. The van der Waals surface area contributed by atoms with Crippen LogP contribution in [0.25, 0.3) is 0 Å². The molecule has 0 atom stereocenters. The molecule has 0 aliphatic carbocycles. The summed E-state index contributed by atoms with van der Waals surface area (Å²) in [6, 6.07) is 16.6. The SMILES string of the molecule is O=C(NCCc1ccncc1)Nc1cccc(C#Cc2ccccn2)c1. The van der Waals surface area contributed by atoms with Crippen LogP contribution in [-0.2, 0) is 6.42 Å². The Kier molecular flexibility index (Phi) is 5.95. The van der Waals surface area contributed by atoms with E-state index in [2.05, 4.69) is 32.4 Å². The molecule has 0 unspecified atom stereocenters. The van der Waals surface area contributed by atoms with Crippen molar-refractivity contribution in [1.82, 2.24) is 15.3 Å². The lowest BCUT2D eigenvalue weighted by atomic mass is 10.2. The average Bonchev–Trinajstić information content (AvgIpc) is 2.68. The first-order valence-corrected chi connectivity index (χ1v) is 8.26. The zero-order valence-corrected chi connectivity index (χ0v) is 14.1. The summed E-state index contributed by atoms with van der Waals surface area (Å²) in [6.45, 7) is 0.551. The number of carbonyl (C=O) groups is 1. The van der Waals surface area contributed by atoms with E-state index in [0.29, 0.717) is 17.9 Å². The van der Waals surface area contributed by atoms with Crippen LogP contribution in [-0.4, -0.2) is 22.5 Å². The van der Waals surface area contributed by atoms with Gasteiger partial charge in [-0.15, -0.1) is 0 Å². The molecule has 0 aliphatic rings. The van der Waals surface area contributed by atoms with E-state index < -0.39 is 0 Å². The largest absolute Gasteiger partial charge is 0.338 e. The molecule has 5 heteroatoms. The predicted octanol–water partition coefficient (Wildman–Crippen LogP) is 3.24. The molecular weight excluding hydrogens is 324 g/mol. The molecule has 0 aliphatic heterocycles. The summed E-state index contributed by atoms with van der Waals surface area (Å²) in [5, 5.41) is 5.66. The molecule has 0 radical (unpaired) electrons. The molecule has 0 spiro atoms. The highest BCUT2D eigenvalue weighted by Crippen LogP contribution is 2.09. The lowest BCUT2D eigenvalue weighted by molar-refractivity contribution is 0.252. The van der Waals surface area contributed by atoms with Crippen LogP contribution in [0.1, 0.15) is 16.8 Å². The van der Waals surface area contributed by atoms with Crippen LogP contribution < -0.4 is 10.6 Å². The van der Waals surface area contributed by atoms with Gasteiger partial charge in [-0.2, -0.15) is 0 Å². The molecule has 128 valence electrons. The van der Waals surface area contributed by atoms with Crippen molar-refractivity contribution < 1.29 is 4.79 Å². The van der Waals surface area contributed by atoms with Crippen molar-refractivity contribution in [2.75, 3.05) is 11.9 Å². The number of rotatable bonds is 4. The number of hydrogen-bond donors (Lipinski definition) is 2. The predicted molar refractivity (Wildman–Crippen MR) is 102 cm³/mol. The second-order valence-corrected chi connectivity index (χ2v) is 5.53. The van der Waals surface area contributed by atoms with Crippen LogP contribution in [0.15, 0.2) is 73.2 Å². The van der Waals surface area contributed by atoms with Crippen LogP contribution in [0.5, 0.6) is 0 Å². The Morgan fingerprint density at radius 1 is 0.962 bits per heavy atom. The molecule has 3 aromatic rings. The Bertz CT molecular complexity index is 915. The van der Waals surface area contributed by atoms with Gasteiger partial charge in [0.25, 0.3) is 0 Å². The van der Waals surface area contributed by atoms with Crippen molar-refractivity contribution in [2.45, 2.75) is 6.42 Å². The average molecular weight is 342 g/mol. The van der Waals surface area contributed by atoms with E-state index in [1.807, 2.05) is 54.6 Å². The highest BCUT2D eigenvalue weighted by Gasteiger charge is 2.02. The number of anilines is 1. The first-order chi connectivity index (χ1) is 12.8. The molecule has 2 amide bonds. The van der Waals surface area contributed by atoms with E-state index in [0.717, 1.165) is 17.5 Å². The summed E-state index contributed by atoms with van der Waals surface area (Å²) in [5.41, 5.74) is 3.34. The van der Waals surface area contributed by atoms with Gasteiger partial charge in [0.1, 0.15) is 5.69 Å². The molecule has 5 nitrogen and oxygen atoms in total. The van der Waals surface area contributed by atoms with Crippen molar-refractivity contribution in [1.29, 1.82) is 0 Å². The Labute approximate surface area is 152 Å². The second-order valence-electron chi connectivity index (χ2n) is 5.53. The minimum Gasteiger partial charge on any atom is -0.338 e. The van der Waals surface area contributed by atoms with Gasteiger partial charge in [0.05, 0.1) is 0 Å². The molecule has 1 aromatic carbocycles. The monoisotopic (exact) mass is 342 g/mol. The van der Waals surface area contributed by atoms with Crippen molar-refractivity contribution in [3.63, 3.8) is 0 Å². The van der Waals surface area contributed by atoms with E-state index in [1.54, 1.807) is 18.6 Å². The topological polar surface area (TPSA) is 66.9 Å². The minimum absolute atomic E-state index is 0.242. The normalized spacial score (nSPS) is 9.69. The molecule has 2 aromatic heterocycles. The molecular formula is C21H18N4O. The third-order valence-corrected chi connectivity index (χ3v) is 3.57. The maximum Gasteiger partial charge on any atom is 0.319 e. The number of pyridine rings is 2. The van der Waals surface area contributed by atoms with Gasteiger partial charge in [-0.05, 0) is 60.4 Å². The van der Waals surface area contributed by atoms with Gasteiger partial charge in [0.15, 0.2) is 0 Å². The highest BCUT2D eigenvalue weighted by molar-refractivity contribution is 5.89. The highest BCUT2D eigenvalue weighted by atomic mass is 16.2. The summed E-state index contributed by atoms with van der Waals surface area (Å²) < 4.78 is 0. The van der Waals surface area contributed by atoms with Crippen LogP contribution in [0, 0.1) is 11.8 Å². The summed E-state index contributed by atoms with van der Waals surface area (Å²) in [6.07, 6.45) is 5.95. The second kappa shape index (κ2) is 9.00. The number of benzene rings is 1. The number of nitrogens with zero attached hydrogens (tertiary/aromatic N) is 2. The van der Waals surface area contributed by atoms with Crippen LogP contribution in [0.2, 0.25) is 0 Å². The fraction of sp³-hybridized carbons (Fsp3) is 0.0952. The molecule has 3 rings (SSSR count). The number of urea groups is 1. The van der Waals surface area contributed by atoms with Gasteiger partial charge in [-0.25, -0.2) is 9.78 Å². The third kappa shape index (κ3) is 5.46. The summed E-state index contributed by atoms with van der Waals surface area (Å²) >= 11 is 0. The van der Waals surface area contributed by atoms with Crippen molar-refractivity contribution in [3.8, 4) is 11.8 Å². The Balaban J connectivity index is 1.53. The number of amides is 2. The van der Waals surface area contributed by atoms with Crippen LogP contribution in [0.3, 0.4) is 0 Å². The Hall–Kier alpha value is -3.65. The van der Waals surface area contributed by atoms with Crippen molar-refractivity contribution in [3.05, 3.63) is 90.0 Å². The van der Waals surface area contributed by atoms with Crippen LogP contribution in [0.4, 0.5) is 10.5 Å². The third-order valence-electron chi connectivity index (χ3n) is 3.57. The standard InChI is InChI=1S/C21H18N4O/c26-21(24-15-11-17-9-13-22-14-10-17)25-20-6-3-4-18(16-20)7-8-19-5-1-2-12-23-19/h1-6,9-10,12-14,16H,11,15H2,(H2,24,25,26). The Morgan fingerprint density at radius 3 is 2.65 bits per heavy atom. The number of nitrogens with one attached hydrogen (secondary N) is 2. The quantitative estimate of drug-likeness (QED) is 0.715. The smallest absolute Gasteiger partial charge is 0.319 e. The maximum atomic E-state index is 12.0. The lowest BCUT2D eigenvalue weighted by Crippen LogP contribution is -2.30. The van der Waals surface area contributed by atoms with Gasteiger partial charge in [0.2, 0.25) is 0 Å². The summed E-state index contributed by atoms with van der Waals surface area (Å²) in [7, 11) is 0. The fourth-order valence-corrected chi connectivity index (χ4v) is 2.29. The van der Waals surface area contributed by atoms with Crippen molar-refractivity contribution >= 4 is 11.7 Å². The molecule has 0 saturated heterocycles. The fourth-order valence-electron chi connectivity index (χ4n) is 2.29. The summed E-state index contributed by atoms with van der Waals surface area (Å²) in [4.78, 5) is 20.2. The van der Waals surface area contributed by atoms with Gasteiger partial charge >= 0.3 is 6.03 Å². The molecule has 0 fully saturated rings. The number of carbonyl (C=O) groups excluding carboxylic acids is 1. The molecule has 2 heterocycles. The molecule has 0 bridgehead atoms. The zero-order chi connectivity index (χ0) is 18.0. The van der Waals surface area contributed by atoms with Gasteiger partial charge in [-0.3, -0.25) is 4.98 Å². The van der Waals surface area contributed by atoms with E-state index in [1.165, 1.54) is 0 Å². The van der Waals surface area contributed by atoms with E-state index in [-0.39, 0.29) is 6.03 Å². The molecule has 26 heavy (non-hydrogen) atoms. The first kappa shape index (κ1) is 17.2. The Morgan fingerprint density at radius 2 is 1.85 bits per heavy atom. The molecule has 0 saturated carbocycles. The van der Waals surface area contributed by atoms with Gasteiger partial charge in [0, 0.05) is 36.4 Å². The van der Waals surface area contributed by atoms with Crippen LogP contribution >= 0.6 is 0 Å². The van der Waals surface area contributed by atoms with Gasteiger partial charge in [-0.1, -0.05) is 18.1 Å². The maximum absolute atomic E-state index is 12.0. The molecule has 2 N–H and O–H groups in total. The van der Waals surface area contributed by atoms with Gasteiger partial charge < -0.3 is 10.6 Å². The number of aromatic nitrogens is 2. The first-order valence-electron chi connectivity index (χ1n) is 8.26. The lowest BCUT2D eigenvalue weighted by Gasteiger charge is -2.08. The van der Waals surface area contributed by atoms with Crippen molar-refractivity contribution in [2.24, 2.45) is 0 Å². The van der Waals surface area contributed by atoms with E-state index in [9.17, 15) is 4.79 Å². The van der Waals surface area contributed by atoms with E-state index >= 15 is 0 Å². The minimum atomic E-state index is -0.242.